The van der Waals surface area contributed by atoms with Crippen molar-refractivity contribution in [2.45, 2.75) is 39.2 Å². The van der Waals surface area contributed by atoms with Crippen molar-refractivity contribution in [1.82, 2.24) is 5.32 Å². The van der Waals surface area contributed by atoms with Gasteiger partial charge in [0.05, 0.1) is 0 Å². The number of rotatable bonds is 4. The minimum atomic E-state index is 0.0563. The molecule has 17 heavy (non-hydrogen) atoms. The third-order valence-electron chi connectivity index (χ3n) is 3.30. The fraction of sp³-hybridized carbons (Fsp3) is 0.500. The lowest BCUT2D eigenvalue weighted by Crippen LogP contribution is -2.39. The highest BCUT2D eigenvalue weighted by molar-refractivity contribution is 5.95. The molecule has 92 valence electrons. The zero-order valence-corrected chi connectivity index (χ0v) is 10.5. The van der Waals surface area contributed by atoms with Crippen LogP contribution in [0.2, 0.25) is 0 Å². The first-order valence-corrected chi connectivity index (χ1v) is 6.36. The first-order chi connectivity index (χ1) is 8.20. The molecular formula is C14H20N2O. The number of carbonyl (C=O) groups is 1. The first kappa shape index (κ1) is 12.0. The Morgan fingerprint density at radius 3 is 2.71 bits per heavy atom. The molecule has 0 heterocycles. The zero-order chi connectivity index (χ0) is 12.3. The van der Waals surface area contributed by atoms with E-state index in [2.05, 4.69) is 17.6 Å². The summed E-state index contributed by atoms with van der Waals surface area (Å²) in [7, 11) is 0. The van der Waals surface area contributed by atoms with E-state index in [0.29, 0.717) is 6.04 Å². The lowest BCUT2D eigenvalue weighted by molar-refractivity contribution is 0.0917. The molecule has 1 aliphatic carbocycles. The number of hydrogen-bond donors (Lipinski definition) is 2. The van der Waals surface area contributed by atoms with Gasteiger partial charge in [0.1, 0.15) is 0 Å². The number of nitrogens with one attached hydrogen (secondary N) is 2. The monoisotopic (exact) mass is 232 g/mol. The van der Waals surface area contributed by atoms with E-state index in [-0.39, 0.29) is 5.91 Å². The molecule has 2 N–H and O–H groups in total. The van der Waals surface area contributed by atoms with E-state index >= 15 is 0 Å². The summed E-state index contributed by atoms with van der Waals surface area (Å²) in [5.41, 5.74) is 2.98. The molecule has 1 fully saturated rings. The van der Waals surface area contributed by atoms with Crippen LogP contribution in [0.5, 0.6) is 0 Å². The van der Waals surface area contributed by atoms with Gasteiger partial charge in [-0.25, -0.2) is 0 Å². The highest BCUT2D eigenvalue weighted by Crippen LogP contribution is 2.20. The van der Waals surface area contributed by atoms with Gasteiger partial charge < -0.3 is 10.6 Å². The van der Waals surface area contributed by atoms with Crippen molar-refractivity contribution in [2.75, 3.05) is 11.9 Å². The third-order valence-corrected chi connectivity index (χ3v) is 3.30. The lowest BCUT2D eigenvalue weighted by Gasteiger charge is -2.26. The number of anilines is 1. The average molecular weight is 232 g/mol. The summed E-state index contributed by atoms with van der Waals surface area (Å²) in [6.07, 6.45) is 3.49. The topological polar surface area (TPSA) is 41.1 Å². The van der Waals surface area contributed by atoms with E-state index < -0.39 is 0 Å². The normalized spacial score (nSPS) is 15.2. The molecule has 0 bridgehead atoms. The van der Waals surface area contributed by atoms with Gasteiger partial charge in [0, 0.05) is 23.8 Å². The van der Waals surface area contributed by atoms with Crippen molar-refractivity contribution in [3.8, 4) is 0 Å². The Balaban J connectivity index is 2.04. The highest BCUT2D eigenvalue weighted by Gasteiger charge is 2.20. The summed E-state index contributed by atoms with van der Waals surface area (Å²) in [5, 5.41) is 6.33. The van der Waals surface area contributed by atoms with Crippen LogP contribution in [0, 0.1) is 6.92 Å². The zero-order valence-electron chi connectivity index (χ0n) is 10.5. The van der Waals surface area contributed by atoms with Crippen molar-refractivity contribution in [3.05, 3.63) is 29.3 Å². The number of amides is 1. The van der Waals surface area contributed by atoms with Gasteiger partial charge in [-0.2, -0.15) is 0 Å². The van der Waals surface area contributed by atoms with Crippen LogP contribution in [0.15, 0.2) is 18.2 Å². The molecule has 3 heteroatoms. The predicted octanol–water partition coefficient (Wildman–Crippen LogP) is 2.71. The Kier molecular flexibility index (Phi) is 3.67. The predicted molar refractivity (Wildman–Crippen MR) is 70.4 cm³/mol. The van der Waals surface area contributed by atoms with Crippen molar-refractivity contribution in [1.29, 1.82) is 0 Å². The molecular weight excluding hydrogens is 212 g/mol. The molecule has 0 atom stereocenters. The second-order valence-electron chi connectivity index (χ2n) is 4.66. The van der Waals surface area contributed by atoms with Gasteiger partial charge in [0.2, 0.25) is 0 Å². The van der Waals surface area contributed by atoms with Gasteiger partial charge in [-0.3, -0.25) is 4.79 Å². The SMILES string of the molecule is CCNc1ccc(C(=O)NC2CCC2)cc1C. The standard InChI is InChI=1S/C14H20N2O/c1-3-15-13-8-7-11(9-10(13)2)14(17)16-12-5-4-6-12/h7-9,12,15H,3-6H2,1-2H3,(H,16,17). The van der Waals surface area contributed by atoms with Gasteiger partial charge in [-0.15, -0.1) is 0 Å². The quantitative estimate of drug-likeness (QED) is 0.838. The molecule has 1 aliphatic rings. The smallest absolute Gasteiger partial charge is 0.251 e. The maximum Gasteiger partial charge on any atom is 0.251 e. The average Bonchev–Trinajstić information content (AvgIpc) is 2.26. The number of hydrogen-bond acceptors (Lipinski definition) is 2. The van der Waals surface area contributed by atoms with Crippen LogP contribution in [0.3, 0.4) is 0 Å². The van der Waals surface area contributed by atoms with Crippen LogP contribution < -0.4 is 10.6 Å². The molecule has 1 saturated carbocycles. The van der Waals surface area contributed by atoms with E-state index in [9.17, 15) is 4.79 Å². The molecule has 0 aliphatic heterocycles. The maximum atomic E-state index is 11.9. The second-order valence-corrected chi connectivity index (χ2v) is 4.66. The number of aryl methyl sites for hydroxylation is 1. The Morgan fingerprint density at radius 2 is 2.18 bits per heavy atom. The Bertz CT molecular complexity index is 411. The first-order valence-electron chi connectivity index (χ1n) is 6.36. The van der Waals surface area contributed by atoms with Crippen LogP contribution in [-0.4, -0.2) is 18.5 Å². The fourth-order valence-electron chi connectivity index (χ4n) is 2.02. The molecule has 0 aromatic heterocycles. The van der Waals surface area contributed by atoms with E-state index in [1.165, 1.54) is 6.42 Å². The minimum Gasteiger partial charge on any atom is -0.385 e. The van der Waals surface area contributed by atoms with Crippen molar-refractivity contribution in [2.24, 2.45) is 0 Å². The molecule has 0 radical (unpaired) electrons. The van der Waals surface area contributed by atoms with Gasteiger partial charge in [-0.05, 0) is 56.9 Å². The van der Waals surface area contributed by atoms with E-state index in [4.69, 9.17) is 0 Å². The Morgan fingerprint density at radius 1 is 1.41 bits per heavy atom. The molecule has 1 amide bonds. The second kappa shape index (κ2) is 5.21. The maximum absolute atomic E-state index is 11.9. The van der Waals surface area contributed by atoms with Gasteiger partial charge in [0.15, 0.2) is 0 Å². The van der Waals surface area contributed by atoms with Gasteiger partial charge in [-0.1, -0.05) is 0 Å². The molecule has 0 saturated heterocycles. The largest absolute Gasteiger partial charge is 0.385 e. The molecule has 0 unspecified atom stereocenters. The van der Waals surface area contributed by atoms with Crippen LogP contribution in [0.1, 0.15) is 42.1 Å². The van der Waals surface area contributed by atoms with Crippen LogP contribution in [-0.2, 0) is 0 Å². The molecule has 1 aromatic carbocycles. The van der Waals surface area contributed by atoms with Crippen molar-refractivity contribution in [3.63, 3.8) is 0 Å². The van der Waals surface area contributed by atoms with Gasteiger partial charge >= 0.3 is 0 Å². The molecule has 3 nitrogen and oxygen atoms in total. The summed E-state index contributed by atoms with van der Waals surface area (Å²) in [6, 6.07) is 6.22. The van der Waals surface area contributed by atoms with E-state index in [0.717, 1.165) is 36.2 Å². The highest BCUT2D eigenvalue weighted by atomic mass is 16.1. The number of carbonyl (C=O) groups excluding carboxylic acids is 1. The summed E-state index contributed by atoms with van der Waals surface area (Å²) in [6.45, 7) is 4.99. The van der Waals surface area contributed by atoms with Crippen molar-refractivity contribution >= 4 is 11.6 Å². The third kappa shape index (κ3) is 2.78. The minimum absolute atomic E-state index is 0.0563. The van der Waals surface area contributed by atoms with E-state index in [1.807, 2.05) is 25.1 Å². The molecule has 1 aromatic rings. The summed E-state index contributed by atoms with van der Waals surface area (Å²) >= 11 is 0. The Hall–Kier alpha value is -1.51. The Labute approximate surface area is 103 Å². The molecule has 0 spiro atoms. The lowest BCUT2D eigenvalue weighted by atomic mass is 9.93. The van der Waals surface area contributed by atoms with E-state index in [1.54, 1.807) is 0 Å². The number of benzene rings is 1. The summed E-state index contributed by atoms with van der Waals surface area (Å²) in [5.74, 6) is 0.0563. The fourth-order valence-corrected chi connectivity index (χ4v) is 2.02. The summed E-state index contributed by atoms with van der Waals surface area (Å²) in [4.78, 5) is 11.9. The van der Waals surface area contributed by atoms with Gasteiger partial charge in [0.25, 0.3) is 5.91 Å². The van der Waals surface area contributed by atoms with Crippen LogP contribution in [0.25, 0.3) is 0 Å². The molecule has 2 rings (SSSR count). The summed E-state index contributed by atoms with van der Waals surface area (Å²) < 4.78 is 0. The van der Waals surface area contributed by atoms with Crippen molar-refractivity contribution < 1.29 is 4.79 Å². The van der Waals surface area contributed by atoms with Crippen LogP contribution in [0.4, 0.5) is 5.69 Å². The van der Waals surface area contributed by atoms with Crippen LogP contribution >= 0.6 is 0 Å².